The molecule has 1 aromatic carbocycles. The fourth-order valence-electron chi connectivity index (χ4n) is 2.17. The van der Waals surface area contributed by atoms with Crippen LogP contribution >= 0.6 is 15.9 Å². The molecule has 1 saturated heterocycles. The molecule has 0 spiro atoms. The Balaban J connectivity index is 2.20. The molecule has 1 heterocycles. The quantitative estimate of drug-likeness (QED) is 0.785. The summed E-state index contributed by atoms with van der Waals surface area (Å²) in [5.74, 6) is 0.344. The molecule has 5 heteroatoms. The van der Waals surface area contributed by atoms with Gasteiger partial charge in [0.15, 0.2) is 9.84 Å². The number of alkyl halides is 1. The van der Waals surface area contributed by atoms with Crippen LogP contribution in [0, 0.1) is 18.7 Å². The van der Waals surface area contributed by atoms with E-state index in [-0.39, 0.29) is 28.1 Å². The van der Waals surface area contributed by atoms with Crippen molar-refractivity contribution in [2.75, 3.05) is 11.5 Å². The Morgan fingerprint density at radius 1 is 1.47 bits per heavy atom. The molecule has 0 saturated carbocycles. The van der Waals surface area contributed by atoms with Gasteiger partial charge in [0.1, 0.15) is 5.82 Å². The lowest BCUT2D eigenvalue weighted by Gasteiger charge is -2.17. The maximum absolute atomic E-state index is 13.2. The minimum Gasteiger partial charge on any atom is -0.229 e. The fraction of sp³-hybridized carbons (Fsp3) is 0.500. The summed E-state index contributed by atoms with van der Waals surface area (Å²) in [4.78, 5) is -0.0147. The number of sulfone groups is 1. The van der Waals surface area contributed by atoms with Crippen LogP contribution in [0.5, 0.6) is 0 Å². The fourth-order valence-corrected chi connectivity index (χ4v) is 4.99. The Bertz CT molecular complexity index is 527. The van der Waals surface area contributed by atoms with E-state index in [0.717, 1.165) is 5.56 Å². The third kappa shape index (κ3) is 2.88. The summed E-state index contributed by atoms with van der Waals surface area (Å²) in [6.07, 6.45) is 0.675. The van der Waals surface area contributed by atoms with Gasteiger partial charge in [0, 0.05) is 4.83 Å². The van der Waals surface area contributed by atoms with Crippen LogP contribution in [0.25, 0.3) is 0 Å². The Hall–Kier alpha value is -0.420. The van der Waals surface area contributed by atoms with E-state index < -0.39 is 9.84 Å². The lowest BCUT2D eigenvalue weighted by molar-refractivity contribution is 0.576. The van der Waals surface area contributed by atoms with Gasteiger partial charge < -0.3 is 0 Å². The zero-order chi connectivity index (χ0) is 12.6. The molecule has 0 aromatic heterocycles. The number of hydrogen-bond acceptors (Lipinski definition) is 2. The van der Waals surface area contributed by atoms with Crippen molar-refractivity contribution in [3.63, 3.8) is 0 Å². The predicted molar refractivity (Wildman–Crippen MR) is 69.6 cm³/mol. The molecule has 94 valence electrons. The van der Waals surface area contributed by atoms with E-state index in [1.165, 1.54) is 6.07 Å². The van der Waals surface area contributed by atoms with Crippen molar-refractivity contribution in [3.05, 3.63) is 35.1 Å². The lowest BCUT2D eigenvalue weighted by Crippen LogP contribution is -2.10. The average Bonchev–Trinajstić information content (AvgIpc) is 2.62. The van der Waals surface area contributed by atoms with Gasteiger partial charge in [-0.1, -0.05) is 28.1 Å². The first kappa shape index (κ1) is 13.0. The SMILES string of the molecule is Cc1cc(C(Br)C2CCS(=O)(=O)C2)ccc1F. The van der Waals surface area contributed by atoms with Gasteiger partial charge in [0.2, 0.25) is 0 Å². The number of halogens is 2. The molecule has 1 aliphatic rings. The van der Waals surface area contributed by atoms with Gasteiger partial charge in [0.05, 0.1) is 11.5 Å². The van der Waals surface area contributed by atoms with Gasteiger partial charge in [-0.2, -0.15) is 0 Å². The Kier molecular flexibility index (Phi) is 3.59. The highest BCUT2D eigenvalue weighted by molar-refractivity contribution is 9.09. The minimum atomic E-state index is -2.87. The van der Waals surface area contributed by atoms with Crippen molar-refractivity contribution in [2.45, 2.75) is 18.2 Å². The van der Waals surface area contributed by atoms with Crippen LogP contribution in [0.1, 0.15) is 22.4 Å². The second-order valence-electron chi connectivity index (χ2n) is 4.57. The van der Waals surface area contributed by atoms with Gasteiger partial charge in [0.25, 0.3) is 0 Å². The molecular weight excluding hydrogens is 307 g/mol. The van der Waals surface area contributed by atoms with Gasteiger partial charge in [-0.3, -0.25) is 0 Å². The van der Waals surface area contributed by atoms with Crippen LogP contribution in [0.4, 0.5) is 4.39 Å². The highest BCUT2D eigenvalue weighted by Gasteiger charge is 2.33. The van der Waals surface area contributed by atoms with Gasteiger partial charge >= 0.3 is 0 Å². The van der Waals surface area contributed by atoms with E-state index in [1.54, 1.807) is 19.1 Å². The highest BCUT2D eigenvalue weighted by Crippen LogP contribution is 2.38. The molecule has 2 nitrogen and oxygen atoms in total. The van der Waals surface area contributed by atoms with Crippen LogP contribution < -0.4 is 0 Å². The molecule has 0 amide bonds. The summed E-state index contributed by atoms with van der Waals surface area (Å²) < 4.78 is 36.0. The summed E-state index contributed by atoms with van der Waals surface area (Å²) in [5, 5.41) is 0. The van der Waals surface area contributed by atoms with Crippen LogP contribution in [0.2, 0.25) is 0 Å². The minimum absolute atomic E-state index is 0.0147. The Labute approximate surface area is 109 Å². The summed E-state index contributed by atoms with van der Waals surface area (Å²) in [6, 6.07) is 4.93. The summed E-state index contributed by atoms with van der Waals surface area (Å²) in [7, 11) is -2.87. The van der Waals surface area contributed by atoms with Crippen molar-refractivity contribution >= 4 is 25.8 Å². The predicted octanol–water partition coefficient (Wildman–Crippen LogP) is 3.00. The standard InChI is InChI=1S/C12H14BrFO2S/c1-8-6-9(2-3-11(8)14)12(13)10-4-5-17(15,16)7-10/h2-3,6,10,12H,4-5,7H2,1H3. The first-order chi connectivity index (χ1) is 7.89. The first-order valence-corrected chi connectivity index (χ1v) is 8.23. The first-order valence-electron chi connectivity index (χ1n) is 5.49. The maximum atomic E-state index is 13.2. The van der Waals surface area contributed by atoms with E-state index in [4.69, 9.17) is 0 Å². The Morgan fingerprint density at radius 2 is 2.18 bits per heavy atom. The summed E-state index contributed by atoms with van der Waals surface area (Å²) >= 11 is 3.54. The molecule has 2 unspecified atom stereocenters. The summed E-state index contributed by atoms with van der Waals surface area (Å²) in [6.45, 7) is 1.71. The lowest BCUT2D eigenvalue weighted by atomic mass is 9.97. The van der Waals surface area contributed by atoms with Crippen molar-refractivity contribution in [2.24, 2.45) is 5.92 Å². The maximum Gasteiger partial charge on any atom is 0.150 e. The largest absolute Gasteiger partial charge is 0.229 e. The average molecular weight is 321 g/mol. The molecule has 0 N–H and O–H groups in total. The molecule has 2 rings (SSSR count). The number of rotatable bonds is 2. The number of hydrogen-bond donors (Lipinski definition) is 0. The molecule has 1 aromatic rings. The molecule has 0 aliphatic carbocycles. The monoisotopic (exact) mass is 320 g/mol. The molecule has 2 atom stereocenters. The van der Waals surface area contributed by atoms with Crippen molar-refractivity contribution < 1.29 is 12.8 Å². The van der Waals surface area contributed by atoms with Gasteiger partial charge in [-0.15, -0.1) is 0 Å². The molecular formula is C12H14BrFO2S. The van der Waals surface area contributed by atoms with E-state index in [9.17, 15) is 12.8 Å². The van der Waals surface area contributed by atoms with Crippen LogP contribution in [0.3, 0.4) is 0 Å². The number of benzene rings is 1. The molecule has 0 radical (unpaired) electrons. The topological polar surface area (TPSA) is 34.1 Å². The van der Waals surface area contributed by atoms with Crippen molar-refractivity contribution in [3.8, 4) is 0 Å². The van der Waals surface area contributed by atoms with Gasteiger partial charge in [-0.05, 0) is 36.5 Å². The van der Waals surface area contributed by atoms with E-state index >= 15 is 0 Å². The second kappa shape index (κ2) is 4.69. The smallest absolute Gasteiger partial charge is 0.150 e. The molecule has 1 fully saturated rings. The highest BCUT2D eigenvalue weighted by atomic mass is 79.9. The zero-order valence-electron chi connectivity index (χ0n) is 9.49. The molecule has 17 heavy (non-hydrogen) atoms. The van der Waals surface area contributed by atoms with Crippen LogP contribution in [-0.4, -0.2) is 19.9 Å². The van der Waals surface area contributed by atoms with Crippen LogP contribution in [0.15, 0.2) is 18.2 Å². The third-order valence-electron chi connectivity index (χ3n) is 3.18. The van der Waals surface area contributed by atoms with Crippen molar-refractivity contribution in [1.82, 2.24) is 0 Å². The zero-order valence-corrected chi connectivity index (χ0v) is 11.9. The molecule has 1 aliphatic heterocycles. The third-order valence-corrected chi connectivity index (χ3v) is 6.25. The van der Waals surface area contributed by atoms with Crippen molar-refractivity contribution in [1.29, 1.82) is 0 Å². The van der Waals surface area contributed by atoms with E-state index in [1.807, 2.05) is 0 Å². The van der Waals surface area contributed by atoms with E-state index in [2.05, 4.69) is 15.9 Å². The second-order valence-corrected chi connectivity index (χ2v) is 7.79. The van der Waals surface area contributed by atoms with Crippen LogP contribution in [-0.2, 0) is 9.84 Å². The normalized spacial score (nSPS) is 24.8. The molecule has 0 bridgehead atoms. The van der Waals surface area contributed by atoms with Gasteiger partial charge in [-0.25, -0.2) is 12.8 Å². The summed E-state index contributed by atoms with van der Waals surface area (Å²) in [5.41, 5.74) is 1.54. The van der Waals surface area contributed by atoms with E-state index in [0.29, 0.717) is 12.0 Å². The number of aryl methyl sites for hydroxylation is 1. The Morgan fingerprint density at radius 3 is 2.71 bits per heavy atom.